The van der Waals surface area contributed by atoms with Gasteiger partial charge in [-0.05, 0) is 55.8 Å². The Morgan fingerprint density at radius 2 is 1.93 bits per heavy atom. The fraction of sp³-hybridized carbons (Fsp3) is 0.333. The summed E-state index contributed by atoms with van der Waals surface area (Å²) in [5, 5.41) is 9.34. The smallest absolute Gasteiger partial charge is 0.328 e. The van der Waals surface area contributed by atoms with Crippen molar-refractivity contribution in [1.29, 1.82) is 0 Å². The van der Waals surface area contributed by atoms with E-state index >= 15 is 0 Å². The van der Waals surface area contributed by atoms with Gasteiger partial charge in [0.05, 0.1) is 24.1 Å². The molecule has 0 bridgehead atoms. The summed E-state index contributed by atoms with van der Waals surface area (Å²) in [5.74, 6) is -0.593. The lowest BCUT2D eigenvalue weighted by atomic mass is 10.1. The first-order chi connectivity index (χ1) is 13.6. The van der Waals surface area contributed by atoms with Crippen LogP contribution in [0.2, 0.25) is 0 Å². The second kappa shape index (κ2) is 7.98. The molecule has 28 heavy (non-hydrogen) atoms. The first-order valence-corrected chi connectivity index (χ1v) is 9.54. The normalized spacial score (nSPS) is 15.0. The SMILES string of the molecule is O=c1[nH]c(O)cn1Cc1ccc(-c2cccc(CN3CCCCC3)n2)c(F)c1. The van der Waals surface area contributed by atoms with Crippen molar-refractivity contribution in [3.8, 4) is 17.1 Å². The summed E-state index contributed by atoms with van der Waals surface area (Å²) in [6.07, 6.45) is 5.02. The van der Waals surface area contributed by atoms with Gasteiger partial charge in [0.2, 0.25) is 5.88 Å². The Morgan fingerprint density at radius 1 is 1.11 bits per heavy atom. The highest BCUT2D eigenvalue weighted by Gasteiger charge is 2.13. The van der Waals surface area contributed by atoms with Crippen LogP contribution in [0.5, 0.6) is 5.88 Å². The zero-order valence-corrected chi connectivity index (χ0v) is 15.6. The van der Waals surface area contributed by atoms with Gasteiger partial charge in [0.25, 0.3) is 0 Å². The molecule has 0 spiro atoms. The Bertz CT molecular complexity index is 1020. The molecule has 0 aliphatic carbocycles. The first-order valence-electron chi connectivity index (χ1n) is 9.54. The molecule has 1 aromatic carbocycles. The fourth-order valence-corrected chi connectivity index (χ4v) is 3.66. The van der Waals surface area contributed by atoms with E-state index in [1.54, 1.807) is 12.1 Å². The van der Waals surface area contributed by atoms with Crippen LogP contribution in [0.3, 0.4) is 0 Å². The maximum absolute atomic E-state index is 14.7. The number of aromatic nitrogens is 3. The molecule has 0 amide bonds. The number of rotatable bonds is 5. The lowest BCUT2D eigenvalue weighted by Crippen LogP contribution is -2.29. The molecule has 1 saturated heterocycles. The van der Waals surface area contributed by atoms with Gasteiger partial charge < -0.3 is 5.11 Å². The van der Waals surface area contributed by atoms with Crippen molar-refractivity contribution < 1.29 is 9.50 Å². The van der Waals surface area contributed by atoms with Crippen molar-refractivity contribution in [1.82, 2.24) is 19.4 Å². The Balaban J connectivity index is 1.53. The van der Waals surface area contributed by atoms with Crippen molar-refractivity contribution in [3.05, 3.63) is 70.2 Å². The molecule has 7 heteroatoms. The third-order valence-corrected chi connectivity index (χ3v) is 5.08. The summed E-state index contributed by atoms with van der Waals surface area (Å²) in [7, 11) is 0. The summed E-state index contributed by atoms with van der Waals surface area (Å²) >= 11 is 0. The van der Waals surface area contributed by atoms with Crippen molar-refractivity contribution in [2.45, 2.75) is 32.4 Å². The van der Waals surface area contributed by atoms with Gasteiger partial charge in [0, 0.05) is 12.1 Å². The van der Waals surface area contributed by atoms with Gasteiger partial charge in [0.15, 0.2) is 0 Å². The molecule has 0 unspecified atom stereocenters. The largest absolute Gasteiger partial charge is 0.493 e. The lowest BCUT2D eigenvalue weighted by molar-refractivity contribution is 0.218. The topological polar surface area (TPSA) is 74.2 Å². The van der Waals surface area contributed by atoms with Crippen LogP contribution >= 0.6 is 0 Å². The standard InChI is InChI=1S/C21H23FN4O2/c22-18-11-15(12-26-14-20(27)24-21(26)28)7-8-17(18)19-6-4-5-16(23-19)13-25-9-2-1-3-10-25/h4-8,11,14,27H,1-3,9-10,12-13H2,(H,24,28). The van der Waals surface area contributed by atoms with Crippen LogP contribution in [0.4, 0.5) is 4.39 Å². The Kier molecular flexibility index (Phi) is 5.25. The predicted molar refractivity (Wildman–Crippen MR) is 105 cm³/mol. The second-order valence-corrected chi connectivity index (χ2v) is 7.24. The number of benzene rings is 1. The average molecular weight is 382 g/mol. The van der Waals surface area contributed by atoms with Crippen LogP contribution in [0, 0.1) is 5.82 Å². The molecule has 3 aromatic rings. The van der Waals surface area contributed by atoms with Crippen LogP contribution < -0.4 is 5.69 Å². The third kappa shape index (κ3) is 4.14. The summed E-state index contributed by atoms with van der Waals surface area (Å²) in [5.41, 5.74) is 2.18. The molecule has 1 fully saturated rings. The lowest BCUT2D eigenvalue weighted by Gasteiger charge is -2.26. The van der Waals surface area contributed by atoms with E-state index in [2.05, 4.69) is 14.9 Å². The number of nitrogens with one attached hydrogen (secondary N) is 1. The van der Waals surface area contributed by atoms with Gasteiger partial charge in [-0.15, -0.1) is 0 Å². The van der Waals surface area contributed by atoms with Crippen LogP contribution in [0.15, 0.2) is 47.4 Å². The zero-order valence-electron chi connectivity index (χ0n) is 15.6. The maximum Gasteiger partial charge on any atom is 0.328 e. The number of pyridine rings is 1. The highest BCUT2D eigenvalue weighted by Crippen LogP contribution is 2.23. The molecule has 146 valence electrons. The summed E-state index contributed by atoms with van der Waals surface area (Å²) < 4.78 is 16.0. The van der Waals surface area contributed by atoms with Gasteiger partial charge in [-0.1, -0.05) is 18.6 Å². The number of piperidine rings is 1. The molecular formula is C21H23FN4O2. The van der Waals surface area contributed by atoms with E-state index < -0.39 is 5.69 Å². The number of imidazole rings is 1. The van der Waals surface area contributed by atoms with E-state index in [4.69, 9.17) is 0 Å². The Morgan fingerprint density at radius 3 is 2.64 bits per heavy atom. The number of hydrogen-bond donors (Lipinski definition) is 2. The van der Waals surface area contributed by atoms with Gasteiger partial charge in [-0.3, -0.25) is 19.4 Å². The highest BCUT2D eigenvalue weighted by atomic mass is 19.1. The molecule has 2 N–H and O–H groups in total. The first kappa shape index (κ1) is 18.4. The fourth-order valence-electron chi connectivity index (χ4n) is 3.66. The molecule has 0 radical (unpaired) electrons. The second-order valence-electron chi connectivity index (χ2n) is 7.24. The molecule has 0 atom stereocenters. The average Bonchev–Trinajstić information content (AvgIpc) is 3.00. The van der Waals surface area contributed by atoms with E-state index in [9.17, 15) is 14.3 Å². The van der Waals surface area contributed by atoms with Crippen molar-refractivity contribution in [3.63, 3.8) is 0 Å². The van der Waals surface area contributed by atoms with Gasteiger partial charge in [0.1, 0.15) is 5.82 Å². The molecule has 0 saturated carbocycles. The molecule has 1 aliphatic heterocycles. The number of H-pyrrole nitrogens is 1. The van der Waals surface area contributed by atoms with Crippen molar-refractivity contribution >= 4 is 0 Å². The molecule has 2 aromatic heterocycles. The van der Waals surface area contributed by atoms with Crippen LogP contribution in [0.1, 0.15) is 30.5 Å². The molecule has 3 heterocycles. The summed E-state index contributed by atoms with van der Waals surface area (Å²) in [6.45, 7) is 3.13. The minimum atomic E-state index is -0.436. The minimum Gasteiger partial charge on any atom is -0.493 e. The number of halogens is 1. The summed E-state index contributed by atoms with van der Waals surface area (Å²) in [4.78, 5) is 21.0. The number of likely N-dealkylation sites (tertiary alicyclic amines) is 1. The maximum atomic E-state index is 14.7. The molecule has 6 nitrogen and oxygen atoms in total. The van der Waals surface area contributed by atoms with E-state index in [0.717, 1.165) is 25.3 Å². The van der Waals surface area contributed by atoms with Crippen LogP contribution in [-0.2, 0) is 13.1 Å². The van der Waals surface area contributed by atoms with Gasteiger partial charge in [-0.25, -0.2) is 9.18 Å². The number of aromatic hydroxyl groups is 1. The number of aromatic amines is 1. The van der Waals surface area contributed by atoms with E-state index in [1.807, 2.05) is 18.2 Å². The van der Waals surface area contributed by atoms with E-state index in [0.29, 0.717) is 16.8 Å². The summed E-state index contributed by atoms with van der Waals surface area (Å²) in [6, 6.07) is 10.6. The minimum absolute atomic E-state index is 0.176. The number of nitrogens with zero attached hydrogens (tertiary/aromatic N) is 3. The molecular weight excluding hydrogens is 359 g/mol. The Hall–Kier alpha value is -2.93. The van der Waals surface area contributed by atoms with Gasteiger partial charge >= 0.3 is 5.69 Å². The third-order valence-electron chi connectivity index (χ3n) is 5.08. The van der Waals surface area contributed by atoms with Crippen LogP contribution in [0.25, 0.3) is 11.3 Å². The van der Waals surface area contributed by atoms with Crippen molar-refractivity contribution in [2.75, 3.05) is 13.1 Å². The van der Waals surface area contributed by atoms with E-state index in [-0.39, 0.29) is 18.2 Å². The van der Waals surface area contributed by atoms with Gasteiger partial charge in [-0.2, -0.15) is 0 Å². The monoisotopic (exact) mass is 382 g/mol. The molecule has 4 rings (SSSR count). The zero-order chi connectivity index (χ0) is 19.5. The van der Waals surface area contributed by atoms with Crippen LogP contribution in [-0.4, -0.2) is 37.6 Å². The number of hydrogen-bond acceptors (Lipinski definition) is 4. The molecule has 1 aliphatic rings. The highest BCUT2D eigenvalue weighted by molar-refractivity contribution is 5.60. The Labute approximate surface area is 162 Å². The quantitative estimate of drug-likeness (QED) is 0.711. The van der Waals surface area contributed by atoms with E-state index in [1.165, 1.54) is 36.1 Å². The van der Waals surface area contributed by atoms with Crippen molar-refractivity contribution in [2.24, 2.45) is 0 Å². The predicted octanol–water partition coefficient (Wildman–Crippen LogP) is 3.12.